The van der Waals surface area contributed by atoms with Gasteiger partial charge in [0.15, 0.2) is 11.5 Å². The topological polar surface area (TPSA) is 156 Å². The highest BCUT2D eigenvalue weighted by atomic mass is 16.6. The largest absolute Gasteiger partial charge is 0.493 e. The molecule has 1 atom stereocenters. The van der Waals surface area contributed by atoms with E-state index in [1.165, 1.54) is 0 Å². The van der Waals surface area contributed by atoms with Crippen LogP contribution in [0.2, 0.25) is 0 Å². The van der Waals surface area contributed by atoms with Crippen LogP contribution in [0.25, 0.3) is 10.9 Å². The molecule has 0 saturated carbocycles. The summed E-state index contributed by atoms with van der Waals surface area (Å²) in [4.78, 5) is 21.1. The fraction of sp³-hybridized carbons (Fsp3) is 0.500. The minimum Gasteiger partial charge on any atom is -0.493 e. The van der Waals surface area contributed by atoms with Crippen LogP contribution in [0.4, 0.5) is 17.5 Å². The van der Waals surface area contributed by atoms with Gasteiger partial charge in [0.2, 0.25) is 11.7 Å². The van der Waals surface area contributed by atoms with E-state index in [9.17, 15) is 4.79 Å². The monoisotopic (exact) mass is 568 g/mol. The molecule has 1 aromatic heterocycles. The average Bonchev–Trinajstić information content (AvgIpc) is 2.88. The summed E-state index contributed by atoms with van der Waals surface area (Å²) in [5.74, 6) is 2.07. The van der Waals surface area contributed by atoms with Gasteiger partial charge in [-0.1, -0.05) is 19.9 Å². The van der Waals surface area contributed by atoms with Gasteiger partial charge in [-0.3, -0.25) is 4.79 Å². The highest BCUT2D eigenvalue weighted by Gasteiger charge is 2.25. The first-order chi connectivity index (χ1) is 19.3. The maximum atomic E-state index is 12.7. The van der Waals surface area contributed by atoms with E-state index in [-0.39, 0.29) is 11.9 Å². The quantitative estimate of drug-likeness (QED) is 0.171. The number of fused-ring (bicyclic) bond motifs is 1. The van der Waals surface area contributed by atoms with Gasteiger partial charge in [-0.25, -0.2) is 4.98 Å². The fourth-order valence-electron chi connectivity index (χ4n) is 4.49. The molecule has 0 radical (unpaired) electrons. The van der Waals surface area contributed by atoms with Crippen LogP contribution >= 0.6 is 0 Å². The Morgan fingerprint density at radius 3 is 2.29 bits per heavy atom. The summed E-state index contributed by atoms with van der Waals surface area (Å²) in [7, 11) is 3.15. The van der Waals surface area contributed by atoms with Crippen molar-refractivity contribution in [2.75, 3.05) is 44.2 Å². The molecule has 6 N–H and O–H groups in total. The number of ether oxygens (including phenoxy) is 4. The molecule has 0 aliphatic carbocycles. The highest BCUT2D eigenvalue weighted by molar-refractivity contribution is 5.92. The fourth-order valence-corrected chi connectivity index (χ4v) is 4.49. The van der Waals surface area contributed by atoms with Crippen LogP contribution in [0.1, 0.15) is 52.2 Å². The predicted molar refractivity (Wildman–Crippen MR) is 163 cm³/mol. The number of nitrogens with zero attached hydrogens (tertiary/aromatic N) is 2. The molecule has 3 rings (SSSR count). The summed E-state index contributed by atoms with van der Waals surface area (Å²) in [6, 6.07) is 7.14. The van der Waals surface area contributed by atoms with Crippen molar-refractivity contribution < 1.29 is 23.7 Å². The number of carbonyl (C=O) groups excluding carboxylic acids is 1. The van der Waals surface area contributed by atoms with E-state index in [1.54, 1.807) is 14.2 Å². The Balaban J connectivity index is 1.69. The second-order valence-electron chi connectivity index (χ2n) is 11.3. The van der Waals surface area contributed by atoms with Crippen LogP contribution in [0.5, 0.6) is 17.2 Å². The molecule has 0 amide bonds. The second kappa shape index (κ2) is 13.6. The summed E-state index contributed by atoms with van der Waals surface area (Å²) in [5.41, 5.74) is 14.8. The Labute approximate surface area is 242 Å². The SMILES string of the molecule is COc1cc(NCc2ccc3nc(N)nc(N)c3c2C)cc(OC)c1OCCN[C@@H](CC(C)C)C(=O)OC(C)(C)C. The first-order valence-electron chi connectivity index (χ1n) is 13.7. The number of esters is 1. The van der Waals surface area contributed by atoms with Gasteiger partial charge in [-0.15, -0.1) is 0 Å². The van der Waals surface area contributed by atoms with Crippen molar-refractivity contribution >= 4 is 34.3 Å². The minimum atomic E-state index is -0.551. The van der Waals surface area contributed by atoms with Crippen molar-refractivity contribution in [1.29, 1.82) is 0 Å². The molecule has 0 bridgehead atoms. The first kappa shape index (κ1) is 31.5. The summed E-state index contributed by atoms with van der Waals surface area (Å²) >= 11 is 0. The Kier molecular flexibility index (Phi) is 10.4. The molecule has 1 heterocycles. The number of carbonyl (C=O) groups is 1. The number of hydrogen-bond donors (Lipinski definition) is 4. The lowest BCUT2D eigenvalue weighted by Gasteiger charge is -2.25. The first-order valence-corrected chi connectivity index (χ1v) is 13.7. The van der Waals surface area contributed by atoms with Crippen molar-refractivity contribution in [2.24, 2.45) is 5.92 Å². The smallest absolute Gasteiger partial charge is 0.323 e. The van der Waals surface area contributed by atoms with Crippen molar-refractivity contribution in [3.05, 3.63) is 35.4 Å². The van der Waals surface area contributed by atoms with Crippen LogP contribution in [-0.4, -0.2) is 55.0 Å². The number of aryl methyl sites for hydroxylation is 1. The third kappa shape index (κ3) is 8.50. The van der Waals surface area contributed by atoms with Crippen LogP contribution < -0.4 is 36.3 Å². The van der Waals surface area contributed by atoms with E-state index in [2.05, 4.69) is 34.4 Å². The second-order valence-corrected chi connectivity index (χ2v) is 11.3. The van der Waals surface area contributed by atoms with Gasteiger partial charge in [-0.2, -0.15) is 4.98 Å². The molecule has 0 fully saturated rings. The van der Waals surface area contributed by atoms with Gasteiger partial charge in [0.25, 0.3) is 0 Å². The standard InChI is InChI=1S/C30H44N6O5/c1-17(2)13-22(28(37)41-30(4,5)6)33-11-12-40-26-23(38-7)14-20(15-24(26)39-8)34-16-19-9-10-21-25(18(19)3)27(31)36-29(32)35-21/h9-10,14-15,17,22,33-34H,11-13,16H2,1-8H3,(H4,31,32,35,36)/t22-/m0/s1. The van der Waals surface area contributed by atoms with Gasteiger partial charge in [-0.05, 0) is 57.2 Å². The van der Waals surface area contributed by atoms with Crippen LogP contribution in [0.15, 0.2) is 24.3 Å². The molecule has 2 aromatic carbocycles. The molecule has 0 spiro atoms. The van der Waals surface area contributed by atoms with Crippen molar-refractivity contribution in [3.8, 4) is 17.2 Å². The van der Waals surface area contributed by atoms with Gasteiger partial charge in [0, 0.05) is 36.3 Å². The minimum absolute atomic E-state index is 0.149. The number of rotatable bonds is 13. The maximum Gasteiger partial charge on any atom is 0.323 e. The molecule has 0 aliphatic rings. The lowest BCUT2D eigenvalue weighted by molar-refractivity contribution is -0.158. The number of hydrogen-bond acceptors (Lipinski definition) is 11. The Hall–Kier alpha value is -3.99. The number of nitrogens with one attached hydrogen (secondary N) is 2. The summed E-state index contributed by atoms with van der Waals surface area (Å²) in [6.07, 6.45) is 0.659. The molecule has 3 aromatic rings. The van der Waals surface area contributed by atoms with Gasteiger partial charge in [0.05, 0.1) is 19.7 Å². The van der Waals surface area contributed by atoms with Crippen molar-refractivity contribution in [1.82, 2.24) is 15.3 Å². The van der Waals surface area contributed by atoms with Crippen molar-refractivity contribution in [3.63, 3.8) is 0 Å². The van der Waals surface area contributed by atoms with Gasteiger partial charge < -0.3 is 41.0 Å². The van der Waals surface area contributed by atoms with Gasteiger partial charge in [0.1, 0.15) is 24.1 Å². The lowest BCUT2D eigenvalue weighted by Crippen LogP contribution is -2.43. The number of anilines is 3. The van der Waals surface area contributed by atoms with E-state index in [0.717, 1.165) is 22.2 Å². The normalized spacial score (nSPS) is 12.3. The summed E-state index contributed by atoms with van der Waals surface area (Å²) < 4.78 is 22.9. The van der Waals surface area contributed by atoms with Crippen LogP contribution in [-0.2, 0) is 16.1 Å². The number of benzene rings is 2. The Bertz CT molecular complexity index is 1330. The predicted octanol–water partition coefficient (Wildman–Crippen LogP) is 4.46. The number of nitrogens with two attached hydrogens (primary N) is 2. The third-order valence-corrected chi connectivity index (χ3v) is 6.36. The van der Waals surface area contributed by atoms with E-state index < -0.39 is 11.6 Å². The van der Waals surface area contributed by atoms with E-state index in [1.807, 2.05) is 52.0 Å². The molecule has 11 heteroatoms. The molecule has 11 nitrogen and oxygen atoms in total. The van der Waals surface area contributed by atoms with Crippen LogP contribution in [0, 0.1) is 12.8 Å². The lowest BCUT2D eigenvalue weighted by atomic mass is 10.0. The highest BCUT2D eigenvalue weighted by Crippen LogP contribution is 2.40. The molecular weight excluding hydrogens is 524 g/mol. The molecule has 0 aliphatic heterocycles. The van der Waals surface area contributed by atoms with Crippen molar-refractivity contribution in [2.45, 2.75) is 66.2 Å². The van der Waals surface area contributed by atoms with E-state index in [4.69, 9.17) is 30.4 Å². The molecule has 0 saturated heterocycles. The Morgan fingerprint density at radius 1 is 1.05 bits per heavy atom. The average molecular weight is 569 g/mol. The number of aromatic nitrogens is 2. The maximum absolute atomic E-state index is 12.7. The van der Waals surface area contributed by atoms with Gasteiger partial charge >= 0.3 is 5.97 Å². The molecule has 41 heavy (non-hydrogen) atoms. The Morgan fingerprint density at radius 2 is 1.71 bits per heavy atom. The summed E-state index contributed by atoms with van der Waals surface area (Å²) in [5, 5.41) is 7.48. The number of methoxy groups -OCH3 is 2. The molecular formula is C30H44N6O5. The van der Waals surface area contributed by atoms with Crippen LogP contribution in [0.3, 0.4) is 0 Å². The molecule has 0 unspecified atom stereocenters. The zero-order valence-electron chi connectivity index (χ0n) is 25.4. The zero-order chi connectivity index (χ0) is 30.3. The summed E-state index contributed by atoms with van der Waals surface area (Å²) in [6.45, 7) is 13.0. The number of nitrogen functional groups attached to an aromatic ring is 2. The zero-order valence-corrected chi connectivity index (χ0v) is 25.4. The molecule has 224 valence electrons. The third-order valence-electron chi connectivity index (χ3n) is 6.36. The van der Waals surface area contributed by atoms with E-state index in [0.29, 0.717) is 60.6 Å². The van der Waals surface area contributed by atoms with E-state index >= 15 is 0 Å².